The summed E-state index contributed by atoms with van der Waals surface area (Å²) < 4.78 is 90.0. The van der Waals surface area contributed by atoms with Crippen molar-refractivity contribution < 1.29 is 36.2 Å². The van der Waals surface area contributed by atoms with Crippen molar-refractivity contribution in [2.24, 2.45) is 5.92 Å². The first kappa shape index (κ1) is 33.8. The van der Waals surface area contributed by atoms with Crippen LogP contribution in [0.3, 0.4) is 0 Å². The maximum Gasteiger partial charge on any atom is 0.421 e. The molecule has 8 heteroatoms. The minimum absolute atomic E-state index is 0.0433. The molecule has 240 valence electrons. The van der Waals surface area contributed by atoms with Gasteiger partial charge in [0.15, 0.2) is 18.2 Å². The highest BCUT2D eigenvalue weighted by Gasteiger charge is 2.35. The van der Waals surface area contributed by atoms with Gasteiger partial charge in [-0.25, -0.2) is 8.78 Å². The van der Waals surface area contributed by atoms with Gasteiger partial charge in [0, 0.05) is 16.7 Å². The lowest BCUT2D eigenvalue weighted by Gasteiger charge is -2.30. The van der Waals surface area contributed by atoms with Gasteiger partial charge in [0.05, 0.1) is 12.7 Å². The monoisotopic (exact) mass is 618 g/mol. The van der Waals surface area contributed by atoms with Crippen LogP contribution in [0.1, 0.15) is 83.6 Å². The summed E-state index contributed by atoms with van der Waals surface area (Å²) in [4.78, 5) is 0. The lowest BCUT2D eigenvalue weighted by atomic mass is 9.84. The fourth-order valence-electron chi connectivity index (χ4n) is 5.70. The van der Waals surface area contributed by atoms with Gasteiger partial charge in [-0.05, 0) is 80.3 Å². The van der Waals surface area contributed by atoms with E-state index in [1.807, 2.05) is 6.92 Å². The Labute approximate surface area is 257 Å². The Kier molecular flexibility index (Phi) is 12.1. The zero-order valence-electron chi connectivity index (χ0n) is 25.9. The third-order valence-corrected chi connectivity index (χ3v) is 8.40. The molecule has 3 aromatic rings. The summed E-state index contributed by atoms with van der Waals surface area (Å²) in [6.45, 7) is 4.92. The Bertz CT molecular complexity index is 1350. The maximum atomic E-state index is 15.4. The summed E-state index contributed by atoms with van der Waals surface area (Å²) in [7, 11) is 0. The van der Waals surface area contributed by atoms with E-state index >= 15 is 4.39 Å². The molecule has 3 nitrogen and oxygen atoms in total. The van der Waals surface area contributed by atoms with Gasteiger partial charge >= 0.3 is 6.11 Å². The van der Waals surface area contributed by atoms with Crippen LogP contribution in [-0.2, 0) is 4.74 Å². The van der Waals surface area contributed by atoms with E-state index in [-0.39, 0.29) is 34.3 Å². The standard InChI is InChI=1S/C36H43F5O3/c1-4-6-8-9-25-10-16-28(17-11-25)43-23-36(40,41)44-31-20-18-29(33(37)24(31)3)26-12-14-27(15-13-26)30-19-21-32(35(39)34(30)38)42-22-7-5-2/h12-15,18-21,25,28H,4-11,16-17,22-23H2,1-3H3. The van der Waals surface area contributed by atoms with E-state index < -0.39 is 30.2 Å². The summed E-state index contributed by atoms with van der Waals surface area (Å²) >= 11 is 0. The van der Waals surface area contributed by atoms with Crippen molar-refractivity contribution in [2.45, 2.75) is 97.2 Å². The summed E-state index contributed by atoms with van der Waals surface area (Å²) in [5, 5.41) is 0. The van der Waals surface area contributed by atoms with Crippen LogP contribution in [0.4, 0.5) is 22.0 Å². The highest BCUT2D eigenvalue weighted by molar-refractivity contribution is 5.72. The first-order valence-corrected chi connectivity index (χ1v) is 15.8. The number of ether oxygens (including phenoxy) is 3. The Morgan fingerprint density at radius 1 is 0.705 bits per heavy atom. The van der Waals surface area contributed by atoms with Gasteiger partial charge in [0.2, 0.25) is 5.82 Å². The molecule has 1 fully saturated rings. The van der Waals surface area contributed by atoms with Crippen LogP contribution in [0.5, 0.6) is 11.5 Å². The van der Waals surface area contributed by atoms with Crippen LogP contribution >= 0.6 is 0 Å². The SMILES string of the molecule is CCCCCC1CCC(OCC(F)(F)Oc2ccc(-c3ccc(-c4ccc(OCCCC)c(F)c4F)cc3)c(F)c2C)CC1. The molecule has 44 heavy (non-hydrogen) atoms. The molecular formula is C36H43F5O3. The predicted molar refractivity (Wildman–Crippen MR) is 164 cm³/mol. The number of halogens is 5. The Balaban J connectivity index is 1.37. The van der Waals surface area contributed by atoms with Crippen molar-refractivity contribution in [3.8, 4) is 33.8 Å². The quantitative estimate of drug-likeness (QED) is 0.125. The average Bonchev–Trinajstić information content (AvgIpc) is 3.02. The van der Waals surface area contributed by atoms with Crippen LogP contribution in [0.25, 0.3) is 22.3 Å². The molecule has 1 aliphatic carbocycles. The Morgan fingerprint density at radius 2 is 1.30 bits per heavy atom. The maximum absolute atomic E-state index is 15.4. The zero-order chi connectivity index (χ0) is 31.7. The lowest BCUT2D eigenvalue weighted by molar-refractivity contribution is -0.222. The van der Waals surface area contributed by atoms with E-state index in [0.717, 1.165) is 38.5 Å². The van der Waals surface area contributed by atoms with E-state index in [4.69, 9.17) is 14.2 Å². The van der Waals surface area contributed by atoms with Crippen LogP contribution < -0.4 is 9.47 Å². The summed E-state index contributed by atoms with van der Waals surface area (Å²) in [6.07, 6.45) is 6.05. The number of rotatable bonds is 15. The summed E-state index contributed by atoms with van der Waals surface area (Å²) in [6, 6.07) is 11.7. The molecule has 0 radical (unpaired) electrons. The molecule has 0 atom stereocenters. The molecule has 0 saturated heterocycles. The van der Waals surface area contributed by atoms with Crippen LogP contribution in [-0.4, -0.2) is 25.4 Å². The van der Waals surface area contributed by atoms with Crippen molar-refractivity contribution in [3.05, 3.63) is 71.5 Å². The Morgan fingerprint density at radius 3 is 1.91 bits per heavy atom. The van der Waals surface area contributed by atoms with Gasteiger partial charge in [0.1, 0.15) is 11.6 Å². The van der Waals surface area contributed by atoms with Crippen molar-refractivity contribution in [2.75, 3.05) is 13.2 Å². The van der Waals surface area contributed by atoms with E-state index in [0.29, 0.717) is 23.7 Å². The smallest absolute Gasteiger partial charge is 0.421 e. The van der Waals surface area contributed by atoms with E-state index in [2.05, 4.69) is 6.92 Å². The van der Waals surface area contributed by atoms with Crippen molar-refractivity contribution >= 4 is 0 Å². The van der Waals surface area contributed by atoms with E-state index in [9.17, 15) is 17.6 Å². The molecule has 0 unspecified atom stereocenters. The normalized spacial score (nSPS) is 17.1. The minimum atomic E-state index is -3.62. The number of hydrogen-bond donors (Lipinski definition) is 0. The molecule has 0 heterocycles. The van der Waals surface area contributed by atoms with E-state index in [1.165, 1.54) is 56.9 Å². The van der Waals surface area contributed by atoms with Crippen LogP contribution in [0.2, 0.25) is 0 Å². The van der Waals surface area contributed by atoms with Crippen molar-refractivity contribution in [1.82, 2.24) is 0 Å². The third-order valence-electron chi connectivity index (χ3n) is 8.40. The summed E-state index contributed by atoms with van der Waals surface area (Å²) in [5.74, 6) is -2.57. The van der Waals surface area contributed by atoms with Gasteiger partial charge in [-0.1, -0.05) is 70.2 Å². The summed E-state index contributed by atoms with van der Waals surface area (Å²) in [5.41, 5.74) is 0.990. The van der Waals surface area contributed by atoms with Gasteiger partial charge in [-0.2, -0.15) is 13.2 Å². The van der Waals surface area contributed by atoms with Crippen LogP contribution in [0.15, 0.2) is 48.5 Å². The van der Waals surface area contributed by atoms with E-state index in [1.54, 1.807) is 24.3 Å². The Hall–Kier alpha value is -3.13. The number of benzene rings is 3. The molecule has 3 aromatic carbocycles. The molecule has 0 aliphatic heterocycles. The fourth-order valence-corrected chi connectivity index (χ4v) is 5.70. The second-order valence-corrected chi connectivity index (χ2v) is 11.8. The molecule has 0 bridgehead atoms. The molecular weight excluding hydrogens is 575 g/mol. The molecule has 4 rings (SSSR count). The van der Waals surface area contributed by atoms with Gasteiger partial charge in [-0.15, -0.1) is 0 Å². The number of alkyl halides is 2. The highest BCUT2D eigenvalue weighted by atomic mass is 19.3. The molecule has 1 saturated carbocycles. The first-order valence-electron chi connectivity index (χ1n) is 15.8. The minimum Gasteiger partial charge on any atom is -0.490 e. The molecule has 0 aromatic heterocycles. The fraction of sp³-hybridized carbons (Fsp3) is 0.500. The second-order valence-electron chi connectivity index (χ2n) is 11.8. The van der Waals surface area contributed by atoms with Gasteiger partial charge < -0.3 is 14.2 Å². The van der Waals surface area contributed by atoms with Crippen LogP contribution in [0, 0.1) is 30.3 Å². The molecule has 0 N–H and O–H groups in total. The second kappa shape index (κ2) is 15.7. The first-order chi connectivity index (χ1) is 21.1. The number of hydrogen-bond acceptors (Lipinski definition) is 3. The van der Waals surface area contributed by atoms with Crippen molar-refractivity contribution in [1.29, 1.82) is 0 Å². The predicted octanol–water partition coefficient (Wildman–Crippen LogP) is 11.1. The number of unbranched alkanes of at least 4 members (excludes halogenated alkanes) is 3. The van der Waals surface area contributed by atoms with Gasteiger partial charge in [0.25, 0.3) is 0 Å². The largest absolute Gasteiger partial charge is 0.490 e. The zero-order valence-corrected chi connectivity index (χ0v) is 25.9. The van der Waals surface area contributed by atoms with Gasteiger partial charge in [-0.3, -0.25) is 0 Å². The topological polar surface area (TPSA) is 27.7 Å². The average molecular weight is 619 g/mol. The molecule has 1 aliphatic rings. The lowest BCUT2D eigenvalue weighted by Crippen LogP contribution is -2.34. The van der Waals surface area contributed by atoms with Crippen molar-refractivity contribution in [3.63, 3.8) is 0 Å². The molecule has 0 amide bonds. The third kappa shape index (κ3) is 8.74. The highest BCUT2D eigenvalue weighted by Crippen LogP contribution is 2.36. The molecule has 0 spiro atoms.